The third-order valence-corrected chi connectivity index (χ3v) is 4.19. The molecule has 0 radical (unpaired) electrons. The Morgan fingerprint density at radius 1 is 1.28 bits per heavy atom. The van der Waals surface area contributed by atoms with Crippen molar-refractivity contribution < 1.29 is 14.6 Å². The molecule has 3 rings (SSSR count). The molecular weight excluding hydrogens is 318 g/mol. The highest BCUT2D eigenvalue weighted by atomic mass is 16.5. The zero-order valence-electron chi connectivity index (χ0n) is 14.3. The van der Waals surface area contributed by atoms with Crippen molar-refractivity contribution in [3.05, 3.63) is 59.9 Å². The second-order valence-electron chi connectivity index (χ2n) is 5.80. The number of nitrogens with zero attached hydrogens (tertiary/aromatic N) is 2. The van der Waals surface area contributed by atoms with Gasteiger partial charge in [-0.25, -0.2) is 4.98 Å². The van der Waals surface area contributed by atoms with E-state index in [2.05, 4.69) is 10.3 Å². The number of carbonyl (C=O) groups excluding carboxylic acids is 1. The highest BCUT2D eigenvalue weighted by Crippen LogP contribution is 2.19. The van der Waals surface area contributed by atoms with Crippen LogP contribution in [0.5, 0.6) is 5.75 Å². The van der Waals surface area contributed by atoms with Crippen molar-refractivity contribution in [2.75, 3.05) is 13.7 Å². The molecule has 0 aliphatic carbocycles. The van der Waals surface area contributed by atoms with Crippen LogP contribution >= 0.6 is 0 Å². The van der Waals surface area contributed by atoms with Gasteiger partial charge in [0.05, 0.1) is 18.1 Å². The van der Waals surface area contributed by atoms with Gasteiger partial charge in [0.1, 0.15) is 11.6 Å². The molecule has 3 aromatic rings. The van der Waals surface area contributed by atoms with E-state index in [0.29, 0.717) is 24.3 Å². The smallest absolute Gasteiger partial charge is 0.253 e. The summed E-state index contributed by atoms with van der Waals surface area (Å²) in [5.41, 5.74) is 2.49. The molecule has 1 amide bonds. The fourth-order valence-corrected chi connectivity index (χ4v) is 2.78. The van der Waals surface area contributed by atoms with Gasteiger partial charge in [0.2, 0.25) is 0 Å². The van der Waals surface area contributed by atoms with Gasteiger partial charge in [0.15, 0.2) is 6.10 Å². The number of aromatic nitrogens is 2. The van der Waals surface area contributed by atoms with Crippen LogP contribution < -0.4 is 10.1 Å². The molecule has 0 aliphatic rings. The molecule has 0 saturated heterocycles. The van der Waals surface area contributed by atoms with Crippen molar-refractivity contribution in [1.82, 2.24) is 14.9 Å². The van der Waals surface area contributed by atoms with Crippen LogP contribution in [0.25, 0.3) is 11.0 Å². The summed E-state index contributed by atoms with van der Waals surface area (Å²) in [6.07, 6.45) is -0.641. The summed E-state index contributed by atoms with van der Waals surface area (Å²) in [5.74, 6) is 1.05. The molecule has 25 heavy (non-hydrogen) atoms. The largest absolute Gasteiger partial charge is 0.497 e. The summed E-state index contributed by atoms with van der Waals surface area (Å²) in [4.78, 5) is 16.7. The number of aryl methyl sites for hydroxylation is 1. The second-order valence-corrected chi connectivity index (χ2v) is 5.80. The van der Waals surface area contributed by atoms with Crippen LogP contribution in [-0.4, -0.2) is 34.2 Å². The standard InChI is InChI=1S/C19H21N3O3/c1-22-16-9-4-3-8-15(16)21-17(22)10-11-20-19(24)18(23)13-6-5-7-14(12-13)25-2/h3-9,12,18,23H,10-11H2,1-2H3,(H,20,24)/t18-/m0/s1. The van der Waals surface area contributed by atoms with Gasteiger partial charge >= 0.3 is 0 Å². The van der Waals surface area contributed by atoms with E-state index in [9.17, 15) is 9.90 Å². The first-order chi connectivity index (χ1) is 12.1. The number of methoxy groups -OCH3 is 1. The van der Waals surface area contributed by atoms with Crippen LogP contribution in [0.4, 0.5) is 0 Å². The predicted molar refractivity (Wildman–Crippen MR) is 95.4 cm³/mol. The number of benzene rings is 2. The molecule has 0 unspecified atom stereocenters. The number of hydrogen-bond acceptors (Lipinski definition) is 4. The van der Waals surface area contributed by atoms with E-state index in [1.165, 1.54) is 0 Å². The number of hydrogen-bond donors (Lipinski definition) is 2. The van der Waals surface area contributed by atoms with E-state index in [1.807, 2.05) is 35.9 Å². The number of rotatable bonds is 6. The minimum absolute atomic E-state index is 0.400. The van der Waals surface area contributed by atoms with Crippen LogP contribution in [0.3, 0.4) is 0 Å². The van der Waals surface area contributed by atoms with Crippen LogP contribution in [-0.2, 0) is 18.3 Å². The Balaban J connectivity index is 1.60. The number of fused-ring (bicyclic) bond motifs is 1. The lowest BCUT2D eigenvalue weighted by Crippen LogP contribution is -2.31. The average molecular weight is 339 g/mol. The summed E-state index contributed by atoms with van der Waals surface area (Å²) >= 11 is 0. The molecule has 0 aliphatic heterocycles. The number of nitrogens with one attached hydrogen (secondary N) is 1. The fourth-order valence-electron chi connectivity index (χ4n) is 2.78. The molecule has 1 aromatic heterocycles. The number of aliphatic hydroxyl groups is 1. The Labute approximate surface area is 146 Å². The number of carbonyl (C=O) groups is 1. The van der Waals surface area contributed by atoms with Crippen molar-refractivity contribution in [3.63, 3.8) is 0 Å². The molecule has 1 heterocycles. The molecule has 1 atom stereocenters. The lowest BCUT2D eigenvalue weighted by molar-refractivity contribution is -0.129. The molecular formula is C19H21N3O3. The summed E-state index contributed by atoms with van der Waals surface area (Å²) in [6, 6.07) is 14.7. The molecule has 6 nitrogen and oxygen atoms in total. The van der Waals surface area contributed by atoms with Crippen molar-refractivity contribution in [1.29, 1.82) is 0 Å². The summed E-state index contributed by atoms with van der Waals surface area (Å²) < 4.78 is 7.13. The Morgan fingerprint density at radius 2 is 2.08 bits per heavy atom. The van der Waals surface area contributed by atoms with Gasteiger partial charge in [-0.2, -0.15) is 0 Å². The average Bonchev–Trinajstić information content (AvgIpc) is 2.97. The first-order valence-corrected chi connectivity index (χ1v) is 8.10. The van der Waals surface area contributed by atoms with Gasteiger partial charge in [-0.3, -0.25) is 4.79 Å². The number of amides is 1. The minimum atomic E-state index is -1.23. The molecule has 0 fully saturated rings. The molecule has 0 spiro atoms. The van der Waals surface area contributed by atoms with Crippen molar-refractivity contribution >= 4 is 16.9 Å². The number of aliphatic hydroxyl groups excluding tert-OH is 1. The molecule has 6 heteroatoms. The Kier molecular flexibility index (Phi) is 5.00. The SMILES string of the molecule is COc1cccc([C@H](O)C(=O)NCCc2nc3ccccc3n2C)c1. The van der Waals surface area contributed by atoms with Crippen LogP contribution in [0.1, 0.15) is 17.5 Å². The van der Waals surface area contributed by atoms with Gasteiger partial charge < -0.3 is 19.7 Å². The topological polar surface area (TPSA) is 76.4 Å². The van der Waals surface area contributed by atoms with E-state index < -0.39 is 12.0 Å². The van der Waals surface area contributed by atoms with Crippen LogP contribution in [0.15, 0.2) is 48.5 Å². The summed E-state index contributed by atoms with van der Waals surface area (Å²) in [7, 11) is 3.50. The quantitative estimate of drug-likeness (QED) is 0.720. The van der Waals surface area contributed by atoms with E-state index in [4.69, 9.17) is 4.74 Å². The van der Waals surface area contributed by atoms with Gasteiger partial charge in [-0.05, 0) is 29.8 Å². The Bertz CT molecular complexity index is 889. The third kappa shape index (κ3) is 3.64. The van der Waals surface area contributed by atoms with Crippen molar-refractivity contribution in [3.8, 4) is 5.75 Å². The normalized spacial score (nSPS) is 12.1. The van der Waals surface area contributed by atoms with Crippen LogP contribution in [0, 0.1) is 0 Å². The first kappa shape index (κ1) is 17.0. The maximum absolute atomic E-state index is 12.2. The van der Waals surface area contributed by atoms with Crippen molar-refractivity contribution in [2.24, 2.45) is 7.05 Å². The molecule has 0 bridgehead atoms. The summed E-state index contributed by atoms with van der Waals surface area (Å²) in [6.45, 7) is 0.400. The Morgan fingerprint density at radius 3 is 2.84 bits per heavy atom. The zero-order chi connectivity index (χ0) is 17.8. The number of imidazole rings is 1. The number of ether oxygens (including phenoxy) is 1. The van der Waals surface area contributed by atoms with Gasteiger partial charge in [-0.15, -0.1) is 0 Å². The van der Waals surface area contributed by atoms with Crippen LogP contribution in [0.2, 0.25) is 0 Å². The Hall–Kier alpha value is -2.86. The molecule has 130 valence electrons. The lowest BCUT2D eigenvalue weighted by Gasteiger charge is -2.12. The fraction of sp³-hybridized carbons (Fsp3) is 0.263. The predicted octanol–water partition coefficient (Wildman–Crippen LogP) is 1.97. The highest BCUT2D eigenvalue weighted by molar-refractivity contribution is 5.82. The lowest BCUT2D eigenvalue weighted by atomic mass is 10.1. The van der Waals surface area contributed by atoms with E-state index in [0.717, 1.165) is 16.9 Å². The highest BCUT2D eigenvalue weighted by Gasteiger charge is 2.17. The monoisotopic (exact) mass is 339 g/mol. The van der Waals surface area contributed by atoms with E-state index in [-0.39, 0.29) is 0 Å². The van der Waals surface area contributed by atoms with Gasteiger partial charge in [0.25, 0.3) is 5.91 Å². The van der Waals surface area contributed by atoms with E-state index >= 15 is 0 Å². The maximum atomic E-state index is 12.2. The molecule has 2 N–H and O–H groups in total. The minimum Gasteiger partial charge on any atom is -0.497 e. The van der Waals surface area contributed by atoms with E-state index in [1.54, 1.807) is 31.4 Å². The molecule has 2 aromatic carbocycles. The van der Waals surface area contributed by atoms with Gasteiger partial charge in [0, 0.05) is 20.0 Å². The summed E-state index contributed by atoms with van der Waals surface area (Å²) in [5, 5.41) is 12.9. The molecule has 0 saturated carbocycles. The number of para-hydroxylation sites is 2. The second kappa shape index (κ2) is 7.36. The van der Waals surface area contributed by atoms with Crippen molar-refractivity contribution in [2.45, 2.75) is 12.5 Å². The third-order valence-electron chi connectivity index (χ3n) is 4.19. The zero-order valence-corrected chi connectivity index (χ0v) is 14.3. The van der Waals surface area contributed by atoms with Gasteiger partial charge in [-0.1, -0.05) is 24.3 Å². The maximum Gasteiger partial charge on any atom is 0.253 e. The first-order valence-electron chi connectivity index (χ1n) is 8.10.